The highest BCUT2D eigenvalue weighted by atomic mass is 19.1. The lowest BCUT2D eigenvalue weighted by Gasteiger charge is -2.08. The lowest BCUT2D eigenvalue weighted by Crippen LogP contribution is -2.35. The van der Waals surface area contributed by atoms with E-state index in [4.69, 9.17) is 0 Å². The molecule has 1 fully saturated rings. The van der Waals surface area contributed by atoms with Crippen LogP contribution in [0, 0.1) is 12.7 Å². The summed E-state index contributed by atoms with van der Waals surface area (Å²) in [5.74, 6) is 1.45. The largest absolute Gasteiger partial charge is 0.334 e. The number of urea groups is 1. The number of nitrogens with zero attached hydrogens (tertiary/aromatic N) is 2. The Kier molecular flexibility index (Phi) is 4.04. The maximum Gasteiger partial charge on any atom is 0.315 e. The summed E-state index contributed by atoms with van der Waals surface area (Å²) in [5, 5.41) is 11.9. The van der Waals surface area contributed by atoms with Gasteiger partial charge < -0.3 is 10.6 Å². The van der Waals surface area contributed by atoms with Crippen molar-refractivity contribution in [3.8, 4) is 0 Å². The van der Waals surface area contributed by atoms with E-state index in [2.05, 4.69) is 25.8 Å². The first-order valence-corrected chi connectivity index (χ1v) is 7.29. The molecule has 0 radical (unpaired) electrons. The highest BCUT2D eigenvalue weighted by Gasteiger charge is 2.24. The summed E-state index contributed by atoms with van der Waals surface area (Å²) in [6.07, 6.45) is 2.28. The molecule has 22 heavy (non-hydrogen) atoms. The second-order valence-electron chi connectivity index (χ2n) is 5.50. The number of benzene rings is 1. The molecule has 0 spiro atoms. The zero-order valence-corrected chi connectivity index (χ0v) is 12.3. The molecule has 0 atom stereocenters. The van der Waals surface area contributed by atoms with Crippen LogP contribution in [-0.2, 0) is 13.1 Å². The van der Waals surface area contributed by atoms with Gasteiger partial charge in [-0.15, -0.1) is 0 Å². The van der Waals surface area contributed by atoms with Gasteiger partial charge in [-0.2, -0.15) is 5.10 Å². The van der Waals surface area contributed by atoms with E-state index in [1.807, 2.05) is 6.07 Å². The Bertz CT molecular complexity index is 680. The smallest absolute Gasteiger partial charge is 0.315 e. The SMILES string of the molecule is Cc1nc(CNC(=O)NCc2ccc(C3CC3)cc2F)n[nH]1. The summed E-state index contributed by atoms with van der Waals surface area (Å²) in [4.78, 5) is 15.8. The number of halogens is 1. The molecule has 1 aromatic heterocycles. The molecule has 0 unspecified atom stereocenters. The second kappa shape index (κ2) is 6.13. The Morgan fingerprint density at radius 1 is 1.36 bits per heavy atom. The first kappa shape index (κ1) is 14.5. The molecule has 1 aliphatic carbocycles. The van der Waals surface area contributed by atoms with Crippen LogP contribution in [0.1, 0.15) is 41.5 Å². The molecule has 7 heteroatoms. The van der Waals surface area contributed by atoms with E-state index < -0.39 is 0 Å². The van der Waals surface area contributed by atoms with Crippen LogP contribution in [0.4, 0.5) is 9.18 Å². The lowest BCUT2D eigenvalue weighted by atomic mass is 10.1. The van der Waals surface area contributed by atoms with Gasteiger partial charge in [-0.1, -0.05) is 12.1 Å². The highest BCUT2D eigenvalue weighted by molar-refractivity contribution is 5.73. The molecule has 1 heterocycles. The third-order valence-electron chi connectivity index (χ3n) is 3.62. The van der Waals surface area contributed by atoms with E-state index in [-0.39, 0.29) is 24.9 Å². The van der Waals surface area contributed by atoms with Gasteiger partial charge >= 0.3 is 6.03 Å². The van der Waals surface area contributed by atoms with Crippen molar-refractivity contribution in [2.45, 2.75) is 38.8 Å². The minimum atomic E-state index is -0.381. The van der Waals surface area contributed by atoms with Crippen molar-refractivity contribution in [2.75, 3.05) is 0 Å². The molecular formula is C15H18FN5O. The van der Waals surface area contributed by atoms with E-state index in [0.29, 0.717) is 23.1 Å². The van der Waals surface area contributed by atoms with Gasteiger partial charge in [0.05, 0.1) is 6.54 Å². The Hall–Kier alpha value is -2.44. The molecule has 0 aliphatic heterocycles. The van der Waals surface area contributed by atoms with Crippen LogP contribution in [0.5, 0.6) is 0 Å². The minimum absolute atomic E-state index is 0.148. The van der Waals surface area contributed by atoms with Gasteiger partial charge in [-0.05, 0) is 37.3 Å². The number of carbonyl (C=O) groups is 1. The number of aryl methyl sites for hydroxylation is 1. The number of aromatic nitrogens is 3. The maximum atomic E-state index is 13.9. The molecule has 1 aromatic carbocycles. The van der Waals surface area contributed by atoms with Crippen molar-refractivity contribution < 1.29 is 9.18 Å². The fourth-order valence-electron chi connectivity index (χ4n) is 2.24. The van der Waals surface area contributed by atoms with Crippen molar-refractivity contribution in [3.05, 3.63) is 46.8 Å². The molecule has 2 amide bonds. The number of rotatable bonds is 5. The van der Waals surface area contributed by atoms with Crippen LogP contribution in [-0.4, -0.2) is 21.2 Å². The Morgan fingerprint density at radius 3 is 2.77 bits per heavy atom. The molecule has 3 N–H and O–H groups in total. The number of aromatic amines is 1. The maximum absolute atomic E-state index is 13.9. The van der Waals surface area contributed by atoms with Crippen LogP contribution in [0.15, 0.2) is 18.2 Å². The third-order valence-corrected chi connectivity index (χ3v) is 3.62. The number of H-pyrrole nitrogens is 1. The van der Waals surface area contributed by atoms with Crippen LogP contribution in [0.3, 0.4) is 0 Å². The van der Waals surface area contributed by atoms with Gasteiger partial charge in [-0.3, -0.25) is 5.10 Å². The summed E-state index contributed by atoms with van der Waals surface area (Å²) >= 11 is 0. The Morgan fingerprint density at radius 2 is 2.14 bits per heavy atom. The molecule has 1 saturated carbocycles. The number of nitrogens with one attached hydrogen (secondary N) is 3. The minimum Gasteiger partial charge on any atom is -0.334 e. The van der Waals surface area contributed by atoms with Crippen LogP contribution in [0.2, 0.25) is 0 Å². The predicted molar refractivity (Wildman–Crippen MR) is 78.6 cm³/mol. The third kappa shape index (κ3) is 3.60. The number of hydrogen-bond acceptors (Lipinski definition) is 3. The summed E-state index contributed by atoms with van der Waals surface area (Å²) in [6.45, 7) is 2.15. The van der Waals surface area contributed by atoms with E-state index in [1.54, 1.807) is 19.1 Å². The van der Waals surface area contributed by atoms with Crippen LogP contribution in [0.25, 0.3) is 0 Å². The Labute approximate surface area is 127 Å². The van der Waals surface area contributed by atoms with E-state index in [1.165, 1.54) is 0 Å². The van der Waals surface area contributed by atoms with Gasteiger partial charge in [0.2, 0.25) is 0 Å². The highest BCUT2D eigenvalue weighted by Crippen LogP contribution is 2.40. The molecule has 3 rings (SSSR count). The van der Waals surface area contributed by atoms with E-state index in [9.17, 15) is 9.18 Å². The monoisotopic (exact) mass is 303 g/mol. The summed E-state index contributed by atoms with van der Waals surface area (Å²) in [7, 11) is 0. The van der Waals surface area contributed by atoms with Gasteiger partial charge in [-0.25, -0.2) is 14.2 Å². The quantitative estimate of drug-likeness (QED) is 0.791. The van der Waals surface area contributed by atoms with Gasteiger partial charge in [0.25, 0.3) is 0 Å². The number of hydrogen-bond donors (Lipinski definition) is 3. The van der Waals surface area contributed by atoms with E-state index >= 15 is 0 Å². The van der Waals surface area contributed by atoms with Crippen molar-refractivity contribution in [1.82, 2.24) is 25.8 Å². The van der Waals surface area contributed by atoms with Gasteiger partial charge in [0.15, 0.2) is 5.82 Å². The standard InChI is InChI=1S/C15H18FN5O/c1-9-19-14(21-20-9)8-18-15(22)17-7-12-5-4-11(6-13(12)16)10-2-3-10/h4-6,10H,2-3,7-8H2,1H3,(H2,17,18,22)(H,19,20,21). The lowest BCUT2D eigenvalue weighted by molar-refractivity contribution is 0.239. The molecule has 116 valence electrons. The number of carbonyl (C=O) groups excluding carboxylic acids is 1. The van der Waals surface area contributed by atoms with Crippen LogP contribution < -0.4 is 10.6 Å². The van der Waals surface area contributed by atoms with Gasteiger partial charge in [0, 0.05) is 12.1 Å². The molecule has 0 bridgehead atoms. The van der Waals surface area contributed by atoms with Crippen molar-refractivity contribution in [1.29, 1.82) is 0 Å². The molecule has 2 aromatic rings. The first-order valence-electron chi connectivity index (χ1n) is 7.29. The zero-order chi connectivity index (χ0) is 15.5. The van der Waals surface area contributed by atoms with Crippen LogP contribution >= 0.6 is 0 Å². The second-order valence-corrected chi connectivity index (χ2v) is 5.50. The summed E-state index contributed by atoms with van der Waals surface area (Å²) in [5.41, 5.74) is 1.53. The molecule has 1 aliphatic rings. The van der Waals surface area contributed by atoms with Crippen molar-refractivity contribution in [2.24, 2.45) is 0 Å². The average molecular weight is 303 g/mol. The van der Waals surface area contributed by atoms with Crippen molar-refractivity contribution in [3.63, 3.8) is 0 Å². The summed E-state index contributed by atoms with van der Waals surface area (Å²) in [6, 6.07) is 4.87. The zero-order valence-electron chi connectivity index (χ0n) is 12.3. The Balaban J connectivity index is 1.48. The first-order chi connectivity index (χ1) is 10.6. The summed E-state index contributed by atoms with van der Waals surface area (Å²) < 4.78 is 13.9. The van der Waals surface area contributed by atoms with Gasteiger partial charge in [0.1, 0.15) is 11.6 Å². The topological polar surface area (TPSA) is 82.7 Å². The molecule has 6 nitrogen and oxygen atoms in total. The molecule has 0 saturated heterocycles. The fourth-order valence-corrected chi connectivity index (χ4v) is 2.24. The van der Waals surface area contributed by atoms with E-state index in [0.717, 1.165) is 18.4 Å². The van der Waals surface area contributed by atoms with Crippen molar-refractivity contribution >= 4 is 6.03 Å². The number of amides is 2. The average Bonchev–Trinajstić information content (AvgIpc) is 3.26. The fraction of sp³-hybridized carbons (Fsp3) is 0.400. The normalized spacial score (nSPS) is 13.9. The predicted octanol–water partition coefficient (Wildman–Crippen LogP) is 2.13. The molecular weight excluding hydrogens is 285 g/mol.